The molecule has 0 spiro atoms. The maximum Gasteiger partial charge on any atom is 0.339 e. The Morgan fingerprint density at radius 2 is 1.88 bits per heavy atom. The molecule has 3 heterocycles. The lowest BCUT2D eigenvalue weighted by molar-refractivity contribution is -0.124. The third-order valence-electron chi connectivity index (χ3n) is 5.38. The molecule has 5 rings (SSSR count). The van der Waals surface area contributed by atoms with Crippen LogP contribution in [0.25, 0.3) is 22.6 Å². The fourth-order valence-electron chi connectivity index (χ4n) is 3.91. The van der Waals surface area contributed by atoms with Gasteiger partial charge in [-0.15, -0.1) is 22.7 Å². The molecule has 0 saturated carbocycles. The van der Waals surface area contributed by atoms with Crippen LogP contribution in [-0.2, 0) is 22.5 Å². The van der Waals surface area contributed by atoms with Gasteiger partial charge in [-0.3, -0.25) is 4.79 Å². The Balaban J connectivity index is 1.40. The molecule has 0 fully saturated rings. The first kappa shape index (κ1) is 20.6. The number of amides is 1. The number of benzene rings is 1. The van der Waals surface area contributed by atoms with Crippen molar-refractivity contribution in [2.45, 2.75) is 19.4 Å². The number of nitrogens with one attached hydrogen (secondary N) is 1. The molecule has 0 aliphatic heterocycles. The fraction of sp³-hybridized carbons (Fsp3) is 0.160. The van der Waals surface area contributed by atoms with Gasteiger partial charge < -0.3 is 10.1 Å². The molecule has 1 aliphatic carbocycles. The average Bonchev–Trinajstić information content (AvgIpc) is 3.58. The number of ether oxygens (including phenoxy) is 1. The van der Waals surface area contributed by atoms with E-state index in [2.05, 4.69) is 17.5 Å². The van der Waals surface area contributed by atoms with Crippen LogP contribution in [0.15, 0.2) is 59.3 Å². The predicted octanol–water partition coefficient (Wildman–Crippen LogP) is 5.32. The van der Waals surface area contributed by atoms with Crippen molar-refractivity contribution in [1.82, 2.24) is 10.3 Å². The van der Waals surface area contributed by atoms with Gasteiger partial charge in [0.2, 0.25) is 0 Å². The second kappa shape index (κ2) is 9.06. The summed E-state index contributed by atoms with van der Waals surface area (Å²) in [4.78, 5) is 32.4. The number of aromatic nitrogens is 1. The van der Waals surface area contributed by atoms with Gasteiger partial charge in [0.1, 0.15) is 0 Å². The van der Waals surface area contributed by atoms with E-state index < -0.39 is 5.97 Å². The highest BCUT2D eigenvalue weighted by Gasteiger charge is 2.28. The molecule has 5 nitrogen and oxygen atoms in total. The topological polar surface area (TPSA) is 68.3 Å². The maximum absolute atomic E-state index is 13.1. The van der Waals surface area contributed by atoms with Gasteiger partial charge in [0.15, 0.2) is 6.61 Å². The molecule has 3 aromatic heterocycles. The zero-order chi connectivity index (χ0) is 21.9. The van der Waals surface area contributed by atoms with Crippen LogP contribution >= 0.6 is 22.7 Å². The number of hydrogen-bond donors (Lipinski definition) is 1. The van der Waals surface area contributed by atoms with Crippen LogP contribution in [0.1, 0.15) is 37.8 Å². The van der Waals surface area contributed by atoms with Crippen molar-refractivity contribution in [2.24, 2.45) is 0 Å². The van der Waals surface area contributed by atoms with E-state index in [9.17, 15) is 9.59 Å². The minimum Gasteiger partial charge on any atom is -0.452 e. The maximum atomic E-state index is 13.1. The largest absolute Gasteiger partial charge is 0.452 e. The fourth-order valence-corrected chi connectivity index (χ4v) is 5.24. The highest BCUT2D eigenvalue weighted by atomic mass is 32.1. The van der Waals surface area contributed by atoms with E-state index in [0.717, 1.165) is 50.3 Å². The molecule has 0 radical (unpaired) electrons. The Labute approximate surface area is 193 Å². The van der Waals surface area contributed by atoms with Crippen LogP contribution in [0.3, 0.4) is 0 Å². The summed E-state index contributed by atoms with van der Waals surface area (Å²) >= 11 is 3.24. The zero-order valence-corrected chi connectivity index (χ0v) is 18.8. The van der Waals surface area contributed by atoms with E-state index in [1.54, 1.807) is 22.7 Å². The number of pyridine rings is 1. The summed E-state index contributed by atoms with van der Waals surface area (Å²) < 4.78 is 5.44. The van der Waals surface area contributed by atoms with Crippen LogP contribution in [0, 0.1) is 0 Å². The van der Waals surface area contributed by atoms with Crippen molar-refractivity contribution < 1.29 is 14.3 Å². The molecule has 0 atom stereocenters. The number of rotatable bonds is 6. The number of allylic oxidation sites excluding steroid dienone is 1. The summed E-state index contributed by atoms with van der Waals surface area (Å²) in [5, 5.41) is 7.54. The van der Waals surface area contributed by atoms with Crippen LogP contribution in [0.4, 0.5) is 0 Å². The van der Waals surface area contributed by atoms with Crippen LogP contribution < -0.4 is 5.32 Å². The number of esters is 1. The summed E-state index contributed by atoms with van der Waals surface area (Å²) in [6.07, 6.45) is 3.68. The summed E-state index contributed by atoms with van der Waals surface area (Å²) in [5.74, 6) is -0.802. The smallest absolute Gasteiger partial charge is 0.339 e. The molecule has 1 aliphatic rings. The summed E-state index contributed by atoms with van der Waals surface area (Å²) in [6.45, 7) is 0.117. The lowest BCUT2D eigenvalue weighted by Crippen LogP contribution is -2.28. The Morgan fingerprint density at radius 1 is 1.03 bits per heavy atom. The van der Waals surface area contributed by atoms with Crippen molar-refractivity contribution in [3.8, 4) is 0 Å². The van der Waals surface area contributed by atoms with Gasteiger partial charge >= 0.3 is 5.97 Å². The Kier molecular flexibility index (Phi) is 5.83. The second-order valence-electron chi connectivity index (χ2n) is 7.45. The van der Waals surface area contributed by atoms with Gasteiger partial charge in [-0.1, -0.05) is 30.3 Å². The minimum atomic E-state index is -0.483. The molecule has 1 amide bonds. The predicted molar refractivity (Wildman–Crippen MR) is 129 cm³/mol. The van der Waals surface area contributed by atoms with Crippen LogP contribution in [-0.4, -0.2) is 23.5 Å². The lowest BCUT2D eigenvalue weighted by Gasteiger charge is -2.12. The second-order valence-corrected chi connectivity index (χ2v) is 9.46. The number of hydrogen-bond acceptors (Lipinski definition) is 6. The molecular formula is C25H20N2O3S2. The molecule has 0 unspecified atom stereocenters. The van der Waals surface area contributed by atoms with E-state index in [-0.39, 0.29) is 12.5 Å². The molecule has 4 aromatic rings. The van der Waals surface area contributed by atoms with E-state index in [1.807, 2.05) is 53.2 Å². The van der Waals surface area contributed by atoms with E-state index in [0.29, 0.717) is 12.1 Å². The van der Waals surface area contributed by atoms with E-state index in [1.165, 1.54) is 0 Å². The molecule has 7 heteroatoms. The van der Waals surface area contributed by atoms with Gasteiger partial charge in [0.05, 0.1) is 23.3 Å². The first-order valence-electron chi connectivity index (χ1n) is 10.3. The van der Waals surface area contributed by atoms with Gasteiger partial charge in [0.25, 0.3) is 5.91 Å². The van der Waals surface area contributed by atoms with Crippen molar-refractivity contribution in [2.75, 3.05) is 6.61 Å². The molecule has 0 bridgehead atoms. The number of nitrogens with zero attached hydrogens (tertiary/aromatic N) is 1. The molecule has 0 saturated heterocycles. The van der Waals surface area contributed by atoms with Crippen molar-refractivity contribution in [1.29, 1.82) is 0 Å². The molecule has 1 N–H and O–H groups in total. The highest BCUT2D eigenvalue weighted by Crippen LogP contribution is 2.38. The number of thiophene rings is 2. The Hall–Kier alpha value is -3.29. The quantitative estimate of drug-likeness (QED) is 0.396. The van der Waals surface area contributed by atoms with Gasteiger partial charge in [0, 0.05) is 15.1 Å². The average molecular weight is 461 g/mol. The minimum absolute atomic E-state index is 0.312. The van der Waals surface area contributed by atoms with Crippen molar-refractivity contribution >= 4 is 57.1 Å². The van der Waals surface area contributed by atoms with Gasteiger partial charge in [-0.2, -0.15) is 0 Å². The van der Waals surface area contributed by atoms with Crippen molar-refractivity contribution in [3.05, 3.63) is 85.9 Å². The summed E-state index contributed by atoms with van der Waals surface area (Å²) in [7, 11) is 0. The normalized spacial score (nSPS) is 13.9. The Morgan fingerprint density at radius 3 is 2.69 bits per heavy atom. The van der Waals surface area contributed by atoms with Gasteiger partial charge in [-0.25, -0.2) is 9.78 Å². The highest BCUT2D eigenvalue weighted by molar-refractivity contribution is 7.11. The first-order chi connectivity index (χ1) is 15.7. The number of para-hydroxylation sites is 1. The molecule has 32 heavy (non-hydrogen) atoms. The standard InChI is InChI=1S/C25H20N2O3S2/c28-22(26-14-18-6-4-12-32-18)15-30-25(29)23-19-7-1-2-8-21(19)27-24-16(9-10-20(23)24)13-17-5-3-11-31-17/h1-8,11-13H,9-10,14-15H2,(H,26,28). The molecular weight excluding hydrogens is 440 g/mol. The molecule has 1 aromatic carbocycles. The van der Waals surface area contributed by atoms with Gasteiger partial charge in [-0.05, 0) is 59.0 Å². The van der Waals surface area contributed by atoms with E-state index in [4.69, 9.17) is 9.72 Å². The van der Waals surface area contributed by atoms with Crippen molar-refractivity contribution in [3.63, 3.8) is 0 Å². The lowest BCUT2D eigenvalue weighted by atomic mass is 10.0. The van der Waals surface area contributed by atoms with Crippen LogP contribution in [0.2, 0.25) is 0 Å². The Bertz CT molecular complexity index is 1310. The monoisotopic (exact) mass is 460 g/mol. The summed E-state index contributed by atoms with van der Waals surface area (Å²) in [5.41, 5.74) is 4.14. The first-order valence-corrected chi connectivity index (χ1v) is 12.1. The molecule has 160 valence electrons. The number of fused-ring (bicyclic) bond motifs is 2. The summed E-state index contributed by atoms with van der Waals surface area (Å²) in [6, 6.07) is 15.6. The van der Waals surface area contributed by atoms with Crippen LogP contribution in [0.5, 0.6) is 0 Å². The SMILES string of the molecule is O=C(COC(=O)c1c2c(nc3ccccc13)C(=Cc1cccs1)CC2)NCc1cccs1. The zero-order valence-electron chi connectivity index (χ0n) is 17.2. The van der Waals surface area contributed by atoms with E-state index >= 15 is 0 Å². The third-order valence-corrected chi connectivity index (χ3v) is 7.08. The third kappa shape index (κ3) is 4.22. The number of carbonyl (C=O) groups is 2. The number of carbonyl (C=O) groups excluding carboxylic acids is 2.